The van der Waals surface area contributed by atoms with Crippen LogP contribution in [0.4, 0.5) is 0 Å². The van der Waals surface area contributed by atoms with Gasteiger partial charge in [-0.2, -0.15) is 0 Å². The van der Waals surface area contributed by atoms with Gasteiger partial charge in [0.1, 0.15) is 0 Å². The summed E-state index contributed by atoms with van der Waals surface area (Å²) < 4.78 is 5.32. The Hall–Kier alpha value is -1.14. The second kappa shape index (κ2) is 8.30. The van der Waals surface area contributed by atoms with Crippen LogP contribution in [-0.4, -0.2) is 85.5 Å². The predicted octanol–water partition coefficient (Wildman–Crippen LogP) is 0.816. The first-order chi connectivity index (χ1) is 11.7. The van der Waals surface area contributed by atoms with Crippen LogP contribution in [-0.2, 0) is 14.3 Å². The van der Waals surface area contributed by atoms with E-state index < -0.39 is 0 Å². The molecule has 6 heteroatoms. The second-order valence-corrected chi connectivity index (χ2v) is 7.25. The molecule has 2 heterocycles. The monoisotopic (exact) mass is 337 g/mol. The van der Waals surface area contributed by atoms with Crippen molar-refractivity contribution in [3.63, 3.8) is 0 Å². The zero-order valence-corrected chi connectivity index (χ0v) is 14.9. The van der Waals surface area contributed by atoms with Gasteiger partial charge in [0.15, 0.2) is 0 Å². The quantitative estimate of drug-likeness (QED) is 0.765. The number of ether oxygens (including phenoxy) is 1. The lowest BCUT2D eigenvalue weighted by Gasteiger charge is -2.38. The summed E-state index contributed by atoms with van der Waals surface area (Å²) in [4.78, 5) is 31.7. The maximum atomic E-state index is 12.7. The van der Waals surface area contributed by atoms with Gasteiger partial charge < -0.3 is 19.4 Å². The fraction of sp³-hybridized carbons (Fsp3) is 0.889. The number of rotatable bonds is 3. The maximum Gasteiger partial charge on any atom is 0.225 e. The van der Waals surface area contributed by atoms with Gasteiger partial charge in [0.2, 0.25) is 11.8 Å². The highest BCUT2D eigenvalue weighted by Gasteiger charge is 2.34. The molecule has 0 atom stereocenters. The van der Waals surface area contributed by atoms with Crippen molar-refractivity contribution in [3.8, 4) is 0 Å². The molecule has 0 aromatic rings. The zero-order valence-electron chi connectivity index (χ0n) is 14.9. The molecule has 1 saturated carbocycles. The molecule has 2 saturated heterocycles. The molecule has 0 spiro atoms. The van der Waals surface area contributed by atoms with E-state index in [4.69, 9.17) is 4.74 Å². The number of piperazine rings is 1. The Labute approximate surface area is 145 Å². The van der Waals surface area contributed by atoms with Crippen LogP contribution < -0.4 is 0 Å². The van der Waals surface area contributed by atoms with Crippen LogP contribution >= 0.6 is 0 Å². The van der Waals surface area contributed by atoms with Crippen molar-refractivity contribution < 1.29 is 14.3 Å². The van der Waals surface area contributed by atoms with Gasteiger partial charge in [0.05, 0.1) is 13.2 Å². The normalized spacial score (nSPS) is 29.5. The van der Waals surface area contributed by atoms with Crippen molar-refractivity contribution >= 4 is 11.8 Å². The van der Waals surface area contributed by atoms with E-state index in [0.717, 1.165) is 71.5 Å². The van der Waals surface area contributed by atoms with Gasteiger partial charge in [-0.15, -0.1) is 0 Å². The minimum atomic E-state index is 0.115. The fourth-order valence-electron chi connectivity index (χ4n) is 4.17. The Kier molecular flexibility index (Phi) is 6.11. The lowest BCUT2D eigenvalue weighted by molar-refractivity contribution is -0.144. The van der Waals surface area contributed by atoms with Crippen LogP contribution in [0, 0.1) is 11.8 Å². The molecule has 1 aliphatic carbocycles. The van der Waals surface area contributed by atoms with Gasteiger partial charge in [0.25, 0.3) is 0 Å². The van der Waals surface area contributed by atoms with Gasteiger partial charge >= 0.3 is 0 Å². The Morgan fingerprint density at radius 2 is 1.25 bits per heavy atom. The molecule has 3 rings (SSSR count). The fourth-order valence-corrected chi connectivity index (χ4v) is 4.17. The summed E-state index contributed by atoms with van der Waals surface area (Å²) in [7, 11) is 0. The van der Waals surface area contributed by atoms with Crippen molar-refractivity contribution in [3.05, 3.63) is 0 Å². The summed E-state index contributed by atoms with van der Waals surface area (Å²) in [6.07, 6.45) is 3.46. The third kappa shape index (κ3) is 4.09. The molecule has 3 aliphatic rings. The molecule has 2 amide bonds. The Morgan fingerprint density at radius 3 is 1.71 bits per heavy atom. The Morgan fingerprint density at radius 1 is 0.792 bits per heavy atom. The van der Waals surface area contributed by atoms with Gasteiger partial charge in [-0.25, -0.2) is 0 Å². The van der Waals surface area contributed by atoms with E-state index >= 15 is 0 Å². The van der Waals surface area contributed by atoms with Gasteiger partial charge in [-0.05, 0) is 32.2 Å². The van der Waals surface area contributed by atoms with Gasteiger partial charge in [-0.1, -0.05) is 6.92 Å². The highest BCUT2D eigenvalue weighted by Crippen LogP contribution is 2.31. The number of amides is 2. The highest BCUT2D eigenvalue weighted by molar-refractivity contribution is 5.81. The molecule has 0 N–H and O–H groups in total. The standard InChI is InChI=1S/C18H31N3O3/c1-2-19-7-9-20(10-8-19)17(22)15-3-5-16(6-4-15)18(23)21-11-13-24-14-12-21/h15-16H,2-14H2,1H3. The van der Waals surface area contributed by atoms with Crippen molar-refractivity contribution in [1.82, 2.24) is 14.7 Å². The number of morpholine rings is 1. The molecule has 6 nitrogen and oxygen atoms in total. The summed E-state index contributed by atoms with van der Waals surface area (Å²) in [5.74, 6) is 0.847. The zero-order chi connectivity index (χ0) is 16.9. The minimum absolute atomic E-state index is 0.115. The number of hydrogen-bond donors (Lipinski definition) is 0. The van der Waals surface area contributed by atoms with E-state index in [0.29, 0.717) is 19.1 Å². The molecule has 24 heavy (non-hydrogen) atoms. The molecule has 136 valence electrons. The molecule has 2 aliphatic heterocycles. The van der Waals surface area contributed by atoms with Crippen LogP contribution in [0.15, 0.2) is 0 Å². The smallest absolute Gasteiger partial charge is 0.225 e. The van der Waals surface area contributed by atoms with Crippen molar-refractivity contribution in [2.75, 3.05) is 59.0 Å². The van der Waals surface area contributed by atoms with E-state index in [1.165, 1.54) is 0 Å². The van der Waals surface area contributed by atoms with Crippen LogP contribution in [0.25, 0.3) is 0 Å². The van der Waals surface area contributed by atoms with E-state index in [1.54, 1.807) is 0 Å². The average Bonchev–Trinajstić information content (AvgIpc) is 2.68. The third-order valence-corrected chi connectivity index (χ3v) is 5.88. The number of carbonyl (C=O) groups is 2. The number of likely N-dealkylation sites (N-methyl/N-ethyl adjacent to an activating group) is 1. The Bertz CT molecular complexity index is 435. The lowest BCUT2D eigenvalue weighted by atomic mass is 9.80. The van der Waals surface area contributed by atoms with Crippen LogP contribution in [0.1, 0.15) is 32.6 Å². The van der Waals surface area contributed by atoms with Crippen molar-refractivity contribution in [1.29, 1.82) is 0 Å². The topological polar surface area (TPSA) is 53.1 Å². The first-order valence-electron chi connectivity index (χ1n) is 9.56. The molecule has 0 aromatic heterocycles. The Balaban J connectivity index is 1.44. The van der Waals surface area contributed by atoms with Gasteiger partial charge in [0, 0.05) is 51.1 Å². The average molecular weight is 337 g/mol. The SMILES string of the molecule is CCN1CCN(C(=O)C2CCC(C(=O)N3CCOCC3)CC2)CC1. The molecule has 0 bridgehead atoms. The summed E-state index contributed by atoms with van der Waals surface area (Å²) in [5.41, 5.74) is 0. The summed E-state index contributed by atoms with van der Waals surface area (Å²) in [6, 6.07) is 0. The number of hydrogen-bond acceptors (Lipinski definition) is 4. The minimum Gasteiger partial charge on any atom is -0.378 e. The van der Waals surface area contributed by atoms with Crippen LogP contribution in [0.3, 0.4) is 0 Å². The first kappa shape index (κ1) is 17.7. The van der Waals surface area contributed by atoms with Crippen LogP contribution in [0.5, 0.6) is 0 Å². The molecular formula is C18H31N3O3. The maximum absolute atomic E-state index is 12.7. The molecule has 0 radical (unpaired) electrons. The van der Waals surface area contributed by atoms with Crippen molar-refractivity contribution in [2.45, 2.75) is 32.6 Å². The second-order valence-electron chi connectivity index (χ2n) is 7.25. The molecule has 0 unspecified atom stereocenters. The number of nitrogens with zero attached hydrogens (tertiary/aromatic N) is 3. The third-order valence-electron chi connectivity index (χ3n) is 5.88. The largest absolute Gasteiger partial charge is 0.378 e. The molecule has 3 fully saturated rings. The predicted molar refractivity (Wildman–Crippen MR) is 91.5 cm³/mol. The first-order valence-corrected chi connectivity index (χ1v) is 9.56. The number of carbonyl (C=O) groups excluding carboxylic acids is 2. The van der Waals surface area contributed by atoms with Gasteiger partial charge in [-0.3, -0.25) is 9.59 Å². The molecule has 0 aromatic carbocycles. The van der Waals surface area contributed by atoms with E-state index in [-0.39, 0.29) is 17.7 Å². The van der Waals surface area contributed by atoms with E-state index in [2.05, 4.69) is 11.8 Å². The summed E-state index contributed by atoms with van der Waals surface area (Å²) in [5, 5.41) is 0. The van der Waals surface area contributed by atoms with E-state index in [1.807, 2.05) is 9.80 Å². The highest BCUT2D eigenvalue weighted by atomic mass is 16.5. The van der Waals surface area contributed by atoms with Crippen molar-refractivity contribution in [2.24, 2.45) is 11.8 Å². The van der Waals surface area contributed by atoms with E-state index in [9.17, 15) is 9.59 Å². The summed E-state index contributed by atoms with van der Waals surface area (Å²) >= 11 is 0. The lowest BCUT2D eigenvalue weighted by Crippen LogP contribution is -2.51. The van der Waals surface area contributed by atoms with Crippen LogP contribution in [0.2, 0.25) is 0 Å². The molecular weight excluding hydrogens is 306 g/mol. The summed E-state index contributed by atoms with van der Waals surface area (Å²) in [6.45, 7) is 9.70.